The van der Waals surface area contributed by atoms with Crippen LogP contribution >= 0.6 is 0 Å². The van der Waals surface area contributed by atoms with E-state index in [1.54, 1.807) is 6.07 Å². The second-order valence-electron chi connectivity index (χ2n) is 9.71. The fourth-order valence-electron chi connectivity index (χ4n) is 5.34. The molecule has 1 aromatic carbocycles. The Hall–Kier alpha value is -3.77. The number of ether oxygens (including phenoxy) is 1. The zero-order chi connectivity index (χ0) is 27.2. The molecule has 1 saturated carbocycles. The first-order valence-corrected chi connectivity index (χ1v) is 12.0. The number of likely N-dealkylation sites (tertiary alicyclic amines) is 1. The Morgan fingerprint density at radius 2 is 1.82 bits per heavy atom. The number of rotatable bonds is 5. The molecule has 8 nitrogen and oxygen atoms in total. The van der Waals surface area contributed by atoms with Crippen molar-refractivity contribution in [3.05, 3.63) is 47.7 Å². The van der Waals surface area contributed by atoms with Gasteiger partial charge in [-0.3, -0.25) is 14.7 Å². The lowest BCUT2D eigenvalue weighted by Crippen LogP contribution is -2.54. The minimum absolute atomic E-state index is 0.143. The van der Waals surface area contributed by atoms with Gasteiger partial charge in [-0.2, -0.15) is 5.10 Å². The molecule has 1 saturated heterocycles. The summed E-state index contributed by atoms with van der Waals surface area (Å²) in [7, 11) is 1.07. The van der Waals surface area contributed by atoms with E-state index in [9.17, 15) is 31.5 Å². The predicted octanol–water partition coefficient (Wildman–Crippen LogP) is 4.27. The van der Waals surface area contributed by atoms with Crippen LogP contribution in [0.3, 0.4) is 0 Å². The van der Waals surface area contributed by atoms with Gasteiger partial charge in [0.15, 0.2) is 17.4 Å². The van der Waals surface area contributed by atoms with Crippen molar-refractivity contribution in [1.82, 2.24) is 20.1 Å². The number of fused-ring (bicyclic) bond motifs is 1. The topological polar surface area (TPSA) is 100 Å². The zero-order valence-corrected chi connectivity index (χ0v) is 20.2. The van der Waals surface area contributed by atoms with Crippen LogP contribution in [0.25, 0.3) is 11.0 Å². The van der Waals surface area contributed by atoms with Gasteiger partial charge in [-0.15, -0.1) is 0 Å². The van der Waals surface area contributed by atoms with E-state index in [-0.39, 0.29) is 17.8 Å². The molecule has 202 valence electrons. The van der Waals surface area contributed by atoms with E-state index >= 15 is 0 Å². The van der Waals surface area contributed by atoms with Gasteiger partial charge in [0.2, 0.25) is 17.7 Å². The Morgan fingerprint density at radius 3 is 2.47 bits per heavy atom. The number of nitrogens with one attached hydrogen (secondary N) is 2. The van der Waals surface area contributed by atoms with Crippen LogP contribution in [-0.4, -0.2) is 63.7 Å². The highest BCUT2D eigenvalue weighted by atomic mass is 19.3. The number of alkyl halides is 3. The molecule has 0 radical (unpaired) electrons. The first-order chi connectivity index (χ1) is 18.0. The summed E-state index contributed by atoms with van der Waals surface area (Å²) in [4.78, 5) is 32.4. The van der Waals surface area contributed by atoms with Gasteiger partial charge in [-0.05, 0) is 42.7 Å². The fourth-order valence-corrected chi connectivity index (χ4v) is 5.34. The normalized spacial score (nSPS) is 22.4. The highest BCUT2D eigenvalue weighted by Crippen LogP contribution is 2.48. The second kappa shape index (κ2) is 9.52. The van der Waals surface area contributed by atoms with Gasteiger partial charge in [0.05, 0.1) is 30.8 Å². The Bertz CT molecular complexity index is 1360. The van der Waals surface area contributed by atoms with Crippen LogP contribution in [-0.2, 0) is 15.0 Å². The molecule has 0 bridgehead atoms. The number of amides is 2. The van der Waals surface area contributed by atoms with E-state index < -0.39 is 85.0 Å². The molecule has 3 heterocycles. The van der Waals surface area contributed by atoms with Crippen LogP contribution in [0, 0.1) is 11.6 Å². The summed E-state index contributed by atoms with van der Waals surface area (Å²) < 4.78 is 76.9. The molecule has 1 aliphatic carbocycles. The third-order valence-corrected chi connectivity index (χ3v) is 7.36. The lowest BCUT2D eigenvalue weighted by molar-refractivity contribution is -0.146. The molecule has 38 heavy (non-hydrogen) atoms. The number of H-pyrrole nitrogens is 1. The molecule has 5 rings (SSSR count). The number of aromatic nitrogens is 3. The molecule has 2 atom stereocenters. The number of halogens is 5. The molecule has 2 N–H and O–H groups in total. The van der Waals surface area contributed by atoms with E-state index in [1.807, 2.05) is 0 Å². The quantitative estimate of drug-likeness (QED) is 0.474. The summed E-state index contributed by atoms with van der Waals surface area (Å²) in [6.07, 6.45) is -2.76. The number of carbonyl (C=O) groups is 2. The number of methoxy groups -OCH3 is 1. The van der Waals surface area contributed by atoms with Gasteiger partial charge >= 0.3 is 0 Å². The number of carbonyl (C=O) groups excluding carboxylic acids is 2. The van der Waals surface area contributed by atoms with Gasteiger partial charge in [-0.25, -0.2) is 26.9 Å². The Kier molecular flexibility index (Phi) is 6.48. The van der Waals surface area contributed by atoms with E-state index in [0.29, 0.717) is 11.0 Å². The van der Waals surface area contributed by atoms with Gasteiger partial charge in [-0.1, -0.05) is 0 Å². The largest absolute Gasteiger partial charge is 0.491 e. The number of hydrogen-bond donors (Lipinski definition) is 2. The van der Waals surface area contributed by atoms with Crippen molar-refractivity contribution < 1.29 is 36.3 Å². The van der Waals surface area contributed by atoms with Crippen molar-refractivity contribution in [3.8, 4) is 5.75 Å². The molecule has 2 aromatic heterocycles. The Labute approximate surface area is 213 Å². The standard InChI is InChI=1S/C25H24F5N5O3/c1-38-21-15(27)8-13(9-16(21)28)24(4-6-25(29,30)7-5-24)23(37)35-12-14(26)10-19(35)22(36)33-20-3-2-17-18(32-20)11-31-34-17/h2-3,8-9,11,14,19H,4-7,10,12H2,1H3,(H,31,34)(H,32,33,36)/t14-,19-/m1/s1. The van der Waals surface area contributed by atoms with Crippen molar-refractivity contribution in [1.29, 1.82) is 0 Å². The smallest absolute Gasteiger partial charge is 0.248 e. The Balaban J connectivity index is 1.48. The Morgan fingerprint density at radius 1 is 1.13 bits per heavy atom. The number of benzene rings is 1. The summed E-state index contributed by atoms with van der Waals surface area (Å²) >= 11 is 0. The summed E-state index contributed by atoms with van der Waals surface area (Å²) in [6, 6.07) is 3.60. The lowest BCUT2D eigenvalue weighted by Gasteiger charge is -2.42. The van der Waals surface area contributed by atoms with Crippen LogP contribution in [0.2, 0.25) is 0 Å². The van der Waals surface area contributed by atoms with Crippen molar-refractivity contribution >= 4 is 28.7 Å². The summed E-state index contributed by atoms with van der Waals surface area (Å²) in [5.41, 5.74) is -0.857. The maximum absolute atomic E-state index is 14.7. The molecular weight excluding hydrogens is 513 g/mol. The molecular formula is C25H24F5N5O3. The highest BCUT2D eigenvalue weighted by Gasteiger charge is 2.53. The number of anilines is 1. The van der Waals surface area contributed by atoms with Crippen molar-refractivity contribution in [3.63, 3.8) is 0 Å². The van der Waals surface area contributed by atoms with Crippen LogP contribution in [0.1, 0.15) is 37.7 Å². The first kappa shape index (κ1) is 25.9. The monoisotopic (exact) mass is 537 g/mol. The lowest BCUT2D eigenvalue weighted by atomic mass is 9.67. The van der Waals surface area contributed by atoms with E-state index in [4.69, 9.17) is 4.74 Å². The number of aromatic amines is 1. The SMILES string of the molecule is COc1c(F)cc(C2(C(=O)N3C[C@H](F)C[C@@H]3C(=O)Nc3ccc4[nH]ncc4n3)CCC(F)(F)CC2)cc1F. The second-order valence-corrected chi connectivity index (χ2v) is 9.71. The van der Waals surface area contributed by atoms with Gasteiger partial charge < -0.3 is 15.0 Å². The average molecular weight is 537 g/mol. The number of nitrogens with zero attached hydrogens (tertiary/aromatic N) is 3. The van der Waals surface area contributed by atoms with Gasteiger partial charge in [0, 0.05) is 19.3 Å². The average Bonchev–Trinajstić information content (AvgIpc) is 3.50. The van der Waals surface area contributed by atoms with Gasteiger partial charge in [0.1, 0.15) is 23.5 Å². The van der Waals surface area contributed by atoms with Crippen LogP contribution in [0.15, 0.2) is 30.5 Å². The molecule has 2 fully saturated rings. The third kappa shape index (κ3) is 4.54. The van der Waals surface area contributed by atoms with Crippen LogP contribution in [0.4, 0.5) is 27.8 Å². The van der Waals surface area contributed by atoms with Crippen LogP contribution in [0.5, 0.6) is 5.75 Å². The molecule has 3 aromatic rings. The van der Waals surface area contributed by atoms with E-state index in [1.165, 1.54) is 12.3 Å². The molecule has 13 heteroatoms. The molecule has 1 aliphatic heterocycles. The molecule has 2 amide bonds. The predicted molar refractivity (Wildman–Crippen MR) is 126 cm³/mol. The van der Waals surface area contributed by atoms with E-state index in [2.05, 4.69) is 20.5 Å². The molecule has 0 unspecified atom stereocenters. The number of hydrogen-bond acceptors (Lipinski definition) is 5. The first-order valence-electron chi connectivity index (χ1n) is 12.0. The maximum Gasteiger partial charge on any atom is 0.248 e. The van der Waals surface area contributed by atoms with Crippen LogP contribution < -0.4 is 10.1 Å². The highest BCUT2D eigenvalue weighted by molar-refractivity contribution is 5.99. The van der Waals surface area contributed by atoms with Crippen molar-refractivity contribution in [2.45, 2.75) is 55.7 Å². The summed E-state index contributed by atoms with van der Waals surface area (Å²) in [5, 5.41) is 9.13. The zero-order valence-electron chi connectivity index (χ0n) is 20.2. The summed E-state index contributed by atoms with van der Waals surface area (Å²) in [5.74, 6) is -7.38. The van der Waals surface area contributed by atoms with Crippen molar-refractivity contribution in [2.24, 2.45) is 0 Å². The van der Waals surface area contributed by atoms with E-state index in [0.717, 1.165) is 24.1 Å². The fraction of sp³-hybridized carbons (Fsp3) is 0.440. The minimum Gasteiger partial charge on any atom is -0.491 e. The van der Waals surface area contributed by atoms with Gasteiger partial charge in [0.25, 0.3) is 0 Å². The molecule has 2 aliphatic rings. The molecule has 0 spiro atoms. The third-order valence-electron chi connectivity index (χ3n) is 7.36. The maximum atomic E-state index is 14.7. The summed E-state index contributed by atoms with van der Waals surface area (Å²) in [6.45, 7) is -0.468. The number of pyridine rings is 1. The minimum atomic E-state index is -3.07. The van der Waals surface area contributed by atoms with Crippen molar-refractivity contribution in [2.75, 3.05) is 19.0 Å².